The highest BCUT2D eigenvalue weighted by Gasteiger charge is 2.17. The number of hydrogen-bond donors (Lipinski definition) is 3. The van der Waals surface area contributed by atoms with Crippen molar-refractivity contribution >= 4 is 28.9 Å². The molecule has 34 heavy (non-hydrogen) atoms. The summed E-state index contributed by atoms with van der Waals surface area (Å²) in [6.45, 7) is -2.70. The molecule has 1 amide bonds. The van der Waals surface area contributed by atoms with Crippen LogP contribution in [0.4, 0.5) is 23.0 Å². The first kappa shape index (κ1) is 18.6. The van der Waals surface area contributed by atoms with Crippen molar-refractivity contribution in [1.82, 2.24) is 30.0 Å². The summed E-state index contributed by atoms with van der Waals surface area (Å²) >= 11 is 0. The van der Waals surface area contributed by atoms with Gasteiger partial charge < -0.3 is 20.7 Å². The van der Waals surface area contributed by atoms with E-state index in [9.17, 15) is 10.1 Å². The molecule has 0 aliphatic rings. The molecule has 11 nitrogen and oxygen atoms in total. The lowest BCUT2D eigenvalue weighted by Gasteiger charge is -2.17. The molecule has 170 valence electrons. The number of hydrogen-bond acceptors (Lipinski definition) is 9. The summed E-state index contributed by atoms with van der Waals surface area (Å²) in [5.74, 6) is 0.636. The average Bonchev–Trinajstić information content (AvgIpc) is 3.22. The fraction of sp³-hybridized carbons (Fsp3) is 0.130. The highest BCUT2D eigenvalue weighted by atomic mass is 16.5. The zero-order chi connectivity index (χ0) is 26.6. The summed E-state index contributed by atoms with van der Waals surface area (Å²) in [6.07, 6.45) is 4.45. The summed E-state index contributed by atoms with van der Waals surface area (Å²) < 4.78 is 29.2. The van der Waals surface area contributed by atoms with Crippen LogP contribution in [0.5, 0.6) is 5.75 Å². The van der Waals surface area contributed by atoms with Crippen molar-refractivity contribution in [3.05, 3.63) is 66.2 Å². The lowest BCUT2D eigenvalue weighted by molar-refractivity contribution is 0.0963. The summed E-state index contributed by atoms with van der Waals surface area (Å²) in [4.78, 5) is 25.6. The van der Waals surface area contributed by atoms with Gasteiger partial charge in [-0.25, -0.2) is 15.0 Å². The maximum absolute atomic E-state index is 12.8. The van der Waals surface area contributed by atoms with E-state index in [1.165, 1.54) is 30.1 Å². The molecule has 0 spiro atoms. The fourth-order valence-electron chi connectivity index (χ4n) is 3.25. The number of anilines is 4. The maximum atomic E-state index is 12.8. The van der Waals surface area contributed by atoms with E-state index in [1.54, 1.807) is 43.7 Å². The van der Waals surface area contributed by atoms with Gasteiger partial charge in [-0.1, -0.05) is 6.07 Å². The quantitative estimate of drug-likeness (QED) is 0.381. The minimum atomic E-state index is -2.70. The molecule has 0 saturated heterocycles. The normalized spacial score (nSPS) is 12.0. The molecular weight excluding hydrogens is 434 g/mol. The van der Waals surface area contributed by atoms with Gasteiger partial charge in [0.15, 0.2) is 17.4 Å². The van der Waals surface area contributed by atoms with E-state index in [1.807, 2.05) is 11.4 Å². The molecule has 4 rings (SSSR count). The van der Waals surface area contributed by atoms with Gasteiger partial charge in [0.1, 0.15) is 17.6 Å². The number of pyridine rings is 1. The van der Waals surface area contributed by atoms with Crippen LogP contribution in [0.15, 0.2) is 55.0 Å². The molecule has 3 heterocycles. The molecule has 0 unspecified atom stereocenters. The molecule has 0 saturated carbocycles. The Morgan fingerprint density at radius 1 is 1.12 bits per heavy atom. The number of benzene rings is 1. The molecule has 0 aliphatic heterocycles. The van der Waals surface area contributed by atoms with Crippen LogP contribution in [0.1, 0.15) is 20.2 Å². The molecule has 0 fully saturated rings. The number of nitrogens with one attached hydrogen (secondary N) is 3. The van der Waals surface area contributed by atoms with Crippen molar-refractivity contribution in [2.45, 2.75) is 0 Å². The third-order valence-corrected chi connectivity index (χ3v) is 4.81. The molecular formula is C23H21N9O2. The van der Waals surface area contributed by atoms with Crippen molar-refractivity contribution in [3.8, 4) is 23.2 Å². The van der Waals surface area contributed by atoms with Crippen LogP contribution in [0.25, 0.3) is 11.4 Å². The number of para-hydroxylation sites is 1. The van der Waals surface area contributed by atoms with Crippen LogP contribution >= 0.6 is 0 Å². The smallest absolute Gasteiger partial charge is 0.254 e. The minimum absolute atomic E-state index is 0.0242. The number of ether oxygens (including phenoxy) is 1. The number of nitrogens with zero attached hydrogens (tertiary/aromatic N) is 6. The summed E-state index contributed by atoms with van der Waals surface area (Å²) in [5, 5.41) is 21.5. The second kappa shape index (κ2) is 9.66. The van der Waals surface area contributed by atoms with Crippen molar-refractivity contribution in [2.24, 2.45) is 7.05 Å². The number of aryl methyl sites for hydroxylation is 1. The van der Waals surface area contributed by atoms with Gasteiger partial charge in [-0.05, 0) is 18.2 Å². The highest BCUT2D eigenvalue weighted by molar-refractivity contribution is 6.00. The van der Waals surface area contributed by atoms with Crippen LogP contribution in [0.3, 0.4) is 0 Å². The SMILES string of the molecule is [2H]C([2H])([2H])NC(=O)c1cnc(Nc2cc(C#N)n(C)n2)cc1Nc1cccc(-c2ncccn2)c1OC. The van der Waals surface area contributed by atoms with Gasteiger partial charge in [0, 0.05) is 48.9 Å². The lowest BCUT2D eigenvalue weighted by atomic mass is 10.1. The van der Waals surface area contributed by atoms with E-state index in [4.69, 9.17) is 8.85 Å². The zero-order valence-electron chi connectivity index (χ0n) is 21.2. The standard InChI is InChI=1S/C23H21N9O2/c1-25-23(33)16-13-28-19(30-20-10-14(12-24)32(2)31-20)11-18(16)29-17-7-4-6-15(21(17)34-3)22-26-8-5-9-27-22/h4-11,13H,1-3H3,(H,25,33)(H2,28,29,30,31)/i1D3. The average molecular weight is 459 g/mol. The van der Waals surface area contributed by atoms with Crippen molar-refractivity contribution < 1.29 is 13.6 Å². The van der Waals surface area contributed by atoms with Gasteiger partial charge >= 0.3 is 0 Å². The summed E-state index contributed by atoms with van der Waals surface area (Å²) in [6, 6.07) is 12.0. The number of carbonyl (C=O) groups excluding carboxylic acids is 1. The molecule has 3 N–H and O–H groups in total. The third kappa shape index (κ3) is 4.46. The number of amides is 1. The van der Waals surface area contributed by atoms with Crippen LogP contribution in [0, 0.1) is 11.3 Å². The van der Waals surface area contributed by atoms with Gasteiger partial charge in [-0.3, -0.25) is 9.48 Å². The van der Waals surface area contributed by atoms with E-state index < -0.39 is 12.9 Å². The third-order valence-electron chi connectivity index (χ3n) is 4.81. The molecule has 1 aromatic carbocycles. The number of methoxy groups -OCH3 is 1. The Morgan fingerprint density at radius 2 is 1.94 bits per heavy atom. The molecule has 0 radical (unpaired) electrons. The summed E-state index contributed by atoms with van der Waals surface area (Å²) in [7, 11) is 3.12. The molecule has 11 heteroatoms. The Labute approximate surface area is 199 Å². The largest absolute Gasteiger partial charge is 0.494 e. The number of nitriles is 1. The van der Waals surface area contributed by atoms with Crippen LogP contribution in [0.2, 0.25) is 0 Å². The zero-order valence-corrected chi connectivity index (χ0v) is 18.2. The van der Waals surface area contributed by atoms with Crippen molar-refractivity contribution in [1.29, 1.82) is 5.26 Å². The predicted octanol–water partition coefficient (Wildman–Crippen LogP) is 3.00. The van der Waals surface area contributed by atoms with Gasteiger partial charge in [0.2, 0.25) is 0 Å². The second-order valence-corrected chi connectivity index (χ2v) is 6.93. The topological polar surface area (TPSA) is 143 Å². The maximum Gasteiger partial charge on any atom is 0.254 e. The molecule has 0 atom stereocenters. The van der Waals surface area contributed by atoms with Gasteiger partial charge in [0.05, 0.1) is 29.6 Å². The van der Waals surface area contributed by atoms with E-state index >= 15 is 0 Å². The first-order chi connectivity index (χ1) is 17.7. The highest BCUT2D eigenvalue weighted by Crippen LogP contribution is 2.37. The monoisotopic (exact) mass is 458 g/mol. The Kier molecular flexibility index (Phi) is 5.28. The molecule has 3 aromatic heterocycles. The number of carbonyl (C=O) groups is 1. The van der Waals surface area contributed by atoms with Crippen molar-refractivity contribution in [3.63, 3.8) is 0 Å². The molecule has 0 bridgehead atoms. The first-order valence-electron chi connectivity index (χ1n) is 11.4. The van der Waals surface area contributed by atoms with Crippen LogP contribution in [-0.4, -0.2) is 44.7 Å². The van der Waals surface area contributed by atoms with Crippen LogP contribution < -0.4 is 20.7 Å². The second-order valence-electron chi connectivity index (χ2n) is 6.93. The Balaban J connectivity index is 1.75. The van der Waals surface area contributed by atoms with Gasteiger partial charge in [0.25, 0.3) is 5.91 Å². The number of aromatic nitrogens is 5. The van der Waals surface area contributed by atoms with Crippen LogP contribution in [-0.2, 0) is 7.05 Å². The minimum Gasteiger partial charge on any atom is -0.494 e. The van der Waals surface area contributed by atoms with E-state index in [-0.39, 0.29) is 17.1 Å². The van der Waals surface area contributed by atoms with Crippen molar-refractivity contribution in [2.75, 3.05) is 24.7 Å². The van der Waals surface area contributed by atoms with E-state index in [2.05, 4.69) is 30.7 Å². The van der Waals surface area contributed by atoms with E-state index in [0.29, 0.717) is 34.3 Å². The van der Waals surface area contributed by atoms with Gasteiger partial charge in [-0.2, -0.15) is 10.4 Å². The number of rotatable bonds is 7. The molecule has 4 aromatic rings. The summed E-state index contributed by atoms with van der Waals surface area (Å²) in [5.41, 5.74) is 1.62. The van der Waals surface area contributed by atoms with Gasteiger partial charge in [-0.15, -0.1) is 0 Å². The lowest BCUT2D eigenvalue weighted by Crippen LogP contribution is -2.19. The Bertz CT molecular complexity index is 1480. The Hall–Kier alpha value is -4.98. The Morgan fingerprint density at radius 3 is 2.65 bits per heavy atom. The first-order valence-corrected chi connectivity index (χ1v) is 9.93. The van der Waals surface area contributed by atoms with E-state index in [0.717, 1.165) is 0 Å². The molecule has 0 aliphatic carbocycles. The fourth-order valence-corrected chi connectivity index (χ4v) is 3.25. The predicted molar refractivity (Wildman–Crippen MR) is 126 cm³/mol.